The number of carboxylic acids is 1. The van der Waals surface area contributed by atoms with Crippen molar-refractivity contribution in [3.8, 4) is 0 Å². The summed E-state index contributed by atoms with van der Waals surface area (Å²) in [6.45, 7) is 2.55. The molecule has 0 saturated carbocycles. The van der Waals surface area contributed by atoms with Gasteiger partial charge in [-0.3, -0.25) is 4.79 Å². The van der Waals surface area contributed by atoms with Gasteiger partial charge in [-0.1, -0.05) is 12.1 Å². The molecule has 0 amide bonds. The van der Waals surface area contributed by atoms with Gasteiger partial charge < -0.3 is 10.0 Å². The highest BCUT2D eigenvalue weighted by molar-refractivity contribution is 5.66. The van der Waals surface area contributed by atoms with E-state index in [0.29, 0.717) is 12.5 Å². The molecule has 1 atom stereocenters. The SMILES string of the molecule is O=C(O)CCN1CC[C@H](Cc2ccc(F)cc2)C1. The quantitative estimate of drug-likeness (QED) is 0.872. The molecule has 2 rings (SSSR count). The van der Waals surface area contributed by atoms with E-state index >= 15 is 0 Å². The molecule has 1 N–H and O–H groups in total. The Balaban J connectivity index is 1.78. The minimum atomic E-state index is -0.739. The van der Waals surface area contributed by atoms with Crippen LogP contribution in [0.1, 0.15) is 18.4 Å². The van der Waals surface area contributed by atoms with Crippen LogP contribution in [0.5, 0.6) is 0 Å². The topological polar surface area (TPSA) is 40.5 Å². The molecule has 1 fully saturated rings. The average molecular weight is 251 g/mol. The normalized spacial score (nSPS) is 20.2. The van der Waals surface area contributed by atoms with Gasteiger partial charge in [0.05, 0.1) is 6.42 Å². The molecular weight excluding hydrogens is 233 g/mol. The molecule has 1 saturated heterocycles. The summed E-state index contributed by atoms with van der Waals surface area (Å²) >= 11 is 0. The van der Waals surface area contributed by atoms with Gasteiger partial charge in [0, 0.05) is 13.1 Å². The van der Waals surface area contributed by atoms with Gasteiger partial charge in [0.2, 0.25) is 0 Å². The molecule has 1 aliphatic rings. The van der Waals surface area contributed by atoms with Gasteiger partial charge in [0.1, 0.15) is 5.82 Å². The van der Waals surface area contributed by atoms with Crippen LogP contribution < -0.4 is 0 Å². The van der Waals surface area contributed by atoms with Gasteiger partial charge >= 0.3 is 5.97 Å². The number of aliphatic carboxylic acids is 1. The molecular formula is C14H18FNO2. The van der Waals surface area contributed by atoms with Crippen LogP contribution >= 0.6 is 0 Å². The van der Waals surface area contributed by atoms with Crippen LogP contribution in [0.15, 0.2) is 24.3 Å². The lowest BCUT2D eigenvalue weighted by molar-refractivity contribution is -0.137. The molecule has 98 valence electrons. The molecule has 1 aliphatic heterocycles. The van der Waals surface area contributed by atoms with E-state index in [1.54, 1.807) is 0 Å². The fourth-order valence-electron chi connectivity index (χ4n) is 2.49. The van der Waals surface area contributed by atoms with Gasteiger partial charge in [-0.25, -0.2) is 4.39 Å². The summed E-state index contributed by atoms with van der Waals surface area (Å²) in [6, 6.07) is 6.64. The first-order chi connectivity index (χ1) is 8.63. The molecule has 0 spiro atoms. The van der Waals surface area contributed by atoms with Crippen LogP contribution in [0.2, 0.25) is 0 Å². The zero-order valence-corrected chi connectivity index (χ0v) is 10.3. The molecule has 0 aromatic heterocycles. The lowest BCUT2D eigenvalue weighted by Gasteiger charge is -2.14. The van der Waals surface area contributed by atoms with Gasteiger partial charge in [-0.2, -0.15) is 0 Å². The Labute approximate surface area is 106 Å². The summed E-state index contributed by atoms with van der Waals surface area (Å²) in [7, 11) is 0. The molecule has 0 unspecified atom stereocenters. The highest BCUT2D eigenvalue weighted by atomic mass is 19.1. The van der Waals surface area contributed by atoms with Crippen LogP contribution in [-0.4, -0.2) is 35.6 Å². The standard InChI is InChI=1S/C14H18FNO2/c15-13-3-1-11(2-4-13)9-12-5-7-16(10-12)8-6-14(17)18/h1-4,12H,5-10H2,(H,17,18)/t12-/m1/s1. The Hall–Kier alpha value is -1.42. The third-order valence-electron chi connectivity index (χ3n) is 3.45. The summed E-state index contributed by atoms with van der Waals surface area (Å²) in [5, 5.41) is 8.64. The maximum absolute atomic E-state index is 12.8. The van der Waals surface area contributed by atoms with Crippen molar-refractivity contribution < 1.29 is 14.3 Å². The summed E-state index contributed by atoms with van der Waals surface area (Å²) in [5.74, 6) is -0.380. The smallest absolute Gasteiger partial charge is 0.304 e. The summed E-state index contributed by atoms with van der Waals surface area (Å²) < 4.78 is 12.8. The number of carboxylic acid groups (broad SMARTS) is 1. The first kappa shape index (κ1) is 13.0. The molecule has 18 heavy (non-hydrogen) atoms. The summed E-state index contributed by atoms with van der Waals surface area (Å²) in [4.78, 5) is 12.7. The zero-order chi connectivity index (χ0) is 13.0. The Bertz CT molecular complexity index is 405. The van der Waals surface area contributed by atoms with Crippen LogP contribution in [-0.2, 0) is 11.2 Å². The molecule has 0 aliphatic carbocycles. The Morgan fingerprint density at radius 2 is 2.11 bits per heavy atom. The molecule has 1 heterocycles. The van der Waals surface area contributed by atoms with Gasteiger partial charge in [-0.15, -0.1) is 0 Å². The van der Waals surface area contributed by atoms with E-state index in [0.717, 1.165) is 31.5 Å². The van der Waals surface area contributed by atoms with Crippen molar-refractivity contribution in [1.29, 1.82) is 0 Å². The van der Waals surface area contributed by atoms with Crippen LogP contribution in [0.3, 0.4) is 0 Å². The van der Waals surface area contributed by atoms with E-state index in [1.165, 1.54) is 12.1 Å². The van der Waals surface area contributed by atoms with Crippen LogP contribution in [0.25, 0.3) is 0 Å². The number of hydrogen-bond acceptors (Lipinski definition) is 2. The second-order valence-corrected chi connectivity index (χ2v) is 4.93. The number of halogens is 1. The Morgan fingerprint density at radius 3 is 2.78 bits per heavy atom. The second kappa shape index (κ2) is 5.96. The Morgan fingerprint density at radius 1 is 1.39 bits per heavy atom. The fourth-order valence-corrected chi connectivity index (χ4v) is 2.49. The molecule has 1 aromatic rings. The number of benzene rings is 1. The lowest BCUT2D eigenvalue weighted by Crippen LogP contribution is -2.24. The minimum absolute atomic E-state index is 0.201. The van der Waals surface area contributed by atoms with E-state index in [9.17, 15) is 9.18 Å². The number of carbonyl (C=O) groups is 1. The van der Waals surface area contributed by atoms with Crippen molar-refractivity contribution >= 4 is 5.97 Å². The van der Waals surface area contributed by atoms with E-state index in [4.69, 9.17) is 5.11 Å². The number of rotatable bonds is 5. The van der Waals surface area contributed by atoms with Crippen molar-refractivity contribution in [2.45, 2.75) is 19.3 Å². The number of nitrogens with zero attached hydrogens (tertiary/aromatic N) is 1. The highest BCUT2D eigenvalue weighted by Gasteiger charge is 2.22. The molecule has 0 bridgehead atoms. The second-order valence-electron chi connectivity index (χ2n) is 4.93. The van der Waals surface area contributed by atoms with Gasteiger partial charge in [0.15, 0.2) is 0 Å². The molecule has 1 aromatic carbocycles. The number of hydrogen-bond donors (Lipinski definition) is 1. The van der Waals surface area contributed by atoms with E-state index in [-0.39, 0.29) is 12.2 Å². The van der Waals surface area contributed by atoms with Crippen molar-refractivity contribution in [3.05, 3.63) is 35.6 Å². The maximum atomic E-state index is 12.8. The monoisotopic (exact) mass is 251 g/mol. The van der Waals surface area contributed by atoms with E-state index in [2.05, 4.69) is 4.90 Å². The minimum Gasteiger partial charge on any atom is -0.481 e. The first-order valence-corrected chi connectivity index (χ1v) is 6.32. The molecule has 4 heteroatoms. The fraction of sp³-hybridized carbons (Fsp3) is 0.500. The molecule has 0 radical (unpaired) electrons. The van der Waals surface area contributed by atoms with Crippen molar-refractivity contribution in [1.82, 2.24) is 4.90 Å². The third-order valence-corrected chi connectivity index (χ3v) is 3.45. The van der Waals surface area contributed by atoms with Crippen molar-refractivity contribution in [2.75, 3.05) is 19.6 Å². The predicted octanol–water partition coefficient (Wildman–Crippen LogP) is 2.16. The lowest BCUT2D eigenvalue weighted by atomic mass is 9.99. The van der Waals surface area contributed by atoms with Crippen molar-refractivity contribution in [2.24, 2.45) is 5.92 Å². The van der Waals surface area contributed by atoms with E-state index < -0.39 is 5.97 Å². The average Bonchev–Trinajstić information content (AvgIpc) is 2.77. The Kier molecular flexibility index (Phi) is 4.31. The highest BCUT2D eigenvalue weighted by Crippen LogP contribution is 2.21. The summed E-state index contributed by atoms with van der Waals surface area (Å²) in [5.41, 5.74) is 1.15. The first-order valence-electron chi connectivity index (χ1n) is 6.32. The van der Waals surface area contributed by atoms with Gasteiger partial charge in [0.25, 0.3) is 0 Å². The number of likely N-dealkylation sites (tertiary alicyclic amines) is 1. The largest absolute Gasteiger partial charge is 0.481 e. The predicted molar refractivity (Wildman–Crippen MR) is 66.9 cm³/mol. The van der Waals surface area contributed by atoms with E-state index in [1.807, 2.05) is 12.1 Å². The maximum Gasteiger partial charge on any atom is 0.304 e. The van der Waals surface area contributed by atoms with Gasteiger partial charge in [-0.05, 0) is 43.0 Å². The third kappa shape index (κ3) is 3.81. The van der Waals surface area contributed by atoms with Crippen molar-refractivity contribution in [3.63, 3.8) is 0 Å². The van der Waals surface area contributed by atoms with Crippen LogP contribution in [0, 0.1) is 11.7 Å². The molecule has 3 nitrogen and oxygen atoms in total. The summed E-state index contributed by atoms with van der Waals surface area (Å²) in [6.07, 6.45) is 2.25. The zero-order valence-electron chi connectivity index (χ0n) is 10.3. The van der Waals surface area contributed by atoms with Crippen LogP contribution in [0.4, 0.5) is 4.39 Å².